The number of allylic oxidation sites excluding steroid dienone is 5. The molecule has 0 atom stereocenters. The second kappa shape index (κ2) is 17.9. The Labute approximate surface area is 131 Å². The maximum absolute atomic E-state index is 3.77. The van der Waals surface area contributed by atoms with Gasteiger partial charge in [-0.15, -0.1) is 0 Å². The molecule has 0 N–H and O–H groups in total. The fourth-order valence-electron chi connectivity index (χ4n) is 1.20. The standard InChI is InChI=1S/C9H16.C8H8.C4H6/c1-4-5-6-7-8-9(2)3;1-2-8-6-4-3-5-7-8;1-3-4-2/h7-8H,2,4-6H2,1,3H3;2-7H,1H2;3-4H,1-2H2/b8-7+;;. The summed E-state index contributed by atoms with van der Waals surface area (Å²) in [6.07, 6.45) is 13.1. The van der Waals surface area contributed by atoms with Crippen LogP contribution in [0.15, 0.2) is 86.5 Å². The van der Waals surface area contributed by atoms with Crippen molar-refractivity contribution in [1.82, 2.24) is 0 Å². The zero-order valence-electron chi connectivity index (χ0n) is 13.7. The van der Waals surface area contributed by atoms with Crippen LogP contribution >= 0.6 is 0 Å². The highest BCUT2D eigenvalue weighted by Gasteiger charge is 1.77. The molecule has 0 aliphatic heterocycles. The first kappa shape index (κ1) is 21.2. The molecular weight excluding hydrogens is 252 g/mol. The van der Waals surface area contributed by atoms with E-state index in [4.69, 9.17) is 0 Å². The molecule has 1 aromatic carbocycles. The molecule has 0 spiro atoms. The van der Waals surface area contributed by atoms with Gasteiger partial charge in [0.25, 0.3) is 0 Å². The Bertz CT molecular complexity index is 401. The lowest BCUT2D eigenvalue weighted by Gasteiger charge is -1.87. The molecule has 21 heavy (non-hydrogen) atoms. The van der Waals surface area contributed by atoms with Crippen LogP contribution in [-0.2, 0) is 0 Å². The van der Waals surface area contributed by atoms with Crippen molar-refractivity contribution in [1.29, 1.82) is 0 Å². The number of hydrogen-bond donors (Lipinski definition) is 0. The highest BCUT2D eigenvalue weighted by Crippen LogP contribution is 1.98. The Morgan fingerprint density at radius 3 is 1.95 bits per heavy atom. The van der Waals surface area contributed by atoms with Gasteiger partial charge in [-0.25, -0.2) is 0 Å². The van der Waals surface area contributed by atoms with Gasteiger partial charge in [-0.2, -0.15) is 0 Å². The van der Waals surface area contributed by atoms with E-state index in [1.807, 2.05) is 43.3 Å². The fourth-order valence-corrected chi connectivity index (χ4v) is 1.20. The summed E-state index contributed by atoms with van der Waals surface area (Å²) in [7, 11) is 0. The number of benzene rings is 1. The second-order valence-corrected chi connectivity index (χ2v) is 4.48. The molecule has 0 aliphatic carbocycles. The van der Waals surface area contributed by atoms with Gasteiger partial charge in [-0.1, -0.05) is 112 Å². The normalized spacial score (nSPS) is 8.67. The summed E-state index contributed by atoms with van der Waals surface area (Å²) in [6.45, 7) is 18.3. The number of hydrogen-bond acceptors (Lipinski definition) is 0. The zero-order valence-corrected chi connectivity index (χ0v) is 13.7. The van der Waals surface area contributed by atoms with E-state index >= 15 is 0 Å². The van der Waals surface area contributed by atoms with Gasteiger partial charge in [0.05, 0.1) is 0 Å². The summed E-state index contributed by atoms with van der Waals surface area (Å²) in [5.41, 5.74) is 2.32. The van der Waals surface area contributed by atoms with Crippen molar-refractivity contribution in [3.63, 3.8) is 0 Å². The SMILES string of the molecule is C=C(C)/C=C/CCCC.C=CC=C.C=Cc1ccccc1. The van der Waals surface area contributed by atoms with E-state index in [0.717, 1.165) is 5.57 Å². The maximum atomic E-state index is 3.77. The van der Waals surface area contributed by atoms with Gasteiger partial charge in [0, 0.05) is 0 Å². The Morgan fingerprint density at radius 2 is 1.62 bits per heavy atom. The predicted molar refractivity (Wildman–Crippen MR) is 100 cm³/mol. The molecule has 0 amide bonds. The molecule has 0 bridgehead atoms. The van der Waals surface area contributed by atoms with Crippen LogP contribution in [-0.4, -0.2) is 0 Å². The zero-order chi connectivity index (χ0) is 16.3. The minimum Gasteiger partial charge on any atom is -0.0991 e. The summed E-state index contributed by atoms with van der Waals surface area (Å²) in [6, 6.07) is 10.0. The third-order valence-corrected chi connectivity index (χ3v) is 2.33. The molecule has 0 fully saturated rings. The monoisotopic (exact) mass is 282 g/mol. The Balaban J connectivity index is 0. The van der Waals surface area contributed by atoms with Crippen LogP contribution in [0, 0.1) is 0 Å². The lowest BCUT2D eigenvalue weighted by atomic mass is 10.2. The molecule has 0 heterocycles. The highest BCUT2D eigenvalue weighted by atomic mass is 13.8. The Morgan fingerprint density at radius 1 is 1.05 bits per heavy atom. The van der Waals surface area contributed by atoms with Crippen LogP contribution < -0.4 is 0 Å². The minimum absolute atomic E-state index is 1.14. The molecule has 0 saturated carbocycles. The van der Waals surface area contributed by atoms with Crippen LogP contribution in [0.25, 0.3) is 6.08 Å². The number of rotatable bonds is 6. The van der Waals surface area contributed by atoms with Gasteiger partial charge >= 0.3 is 0 Å². The first-order chi connectivity index (χ1) is 10.1. The molecule has 0 unspecified atom stereocenters. The van der Waals surface area contributed by atoms with E-state index in [1.54, 1.807) is 12.2 Å². The van der Waals surface area contributed by atoms with Crippen LogP contribution in [0.5, 0.6) is 0 Å². The second-order valence-electron chi connectivity index (χ2n) is 4.48. The van der Waals surface area contributed by atoms with Crippen molar-refractivity contribution in [2.24, 2.45) is 0 Å². The third-order valence-electron chi connectivity index (χ3n) is 2.33. The molecule has 114 valence electrons. The average Bonchev–Trinajstić information content (AvgIpc) is 2.53. The van der Waals surface area contributed by atoms with Gasteiger partial charge in [0.2, 0.25) is 0 Å². The summed E-state index contributed by atoms with van der Waals surface area (Å²) in [5.74, 6) is 0. The lowest BCUT2D eigenvalue weighted by Crippen LogP contribution is -1.67. The first-order valence-electron chi connectivity index (χ1n) is 7.35. The average molecular weight is 282 g/mol. The fraction of sp³-hybridized carbons (Fsp3) is 0.238. The van der Waals surface area contributed by atoms with Crippen molar-refractivity contribution in [2.45, 2.75) is 33.1 Å². The van der Waals surface area contributed by atoms with Gasteiger partial charge < -0.3 is 0 Å². The van der Waals surface area contributed by atoms with Crippen molar-refractivity contribution in [3.05, 3.63) is 92.1 Å². The van der Waals surface area contributed by atoms with Gasteiger partial charge in [-0.3, -0.25) is 0 Å². The molecule has 0 saturated heterocycles. The maximum Gasteiger partial charge on any atom is -0.0263 e. The quantitative estimate of drug-likeness (QED) is 0.389. The molecule has 0 nitrogen and oxygen atoms in total. The molecular formula is C21H30. The summed E-state index contributed by atoms with van der Waals surface area (Å²) < 4.78 is 0. The van der Waals surface area contributed by atoms with E-state index in [2.05, 4.69) is 45.4 Å². The largest absolute Gasteiger partial charge is 0.0991 e. The Hall–Kier alpha value is -2.08. The number of unbranched alkanes of at least 4 members (excludes halogenated alkanes) is 2. The van der Waals surface area contributed by atoms with E-state index < -0.39 is 0 Å². The lowest BCUT2D eigenvalue weighted by molar-refractivity contribution is 0.814. The summed E-state index contributed by atoms with van der Waals surface area (Å²) in [5, 5.41) is 0. The summed E-state index contributed by atoms with van der Waals surface area (Å²) >= 11 is 0. The van der Waals surface area contributed by atoms with Gasteiger partial charge in [0.1, 0.15) is 0 Å². The van der Waals surface area contributed by atoms with Crippen molar-refractivity contribution < 1.29 is 0 Å². The van der Waals surface area contributed by atoms with E-state index in [9.17, 15) is 0 Å². The van der Waals surface area contributed by atoms with Gasteiger partial charge in [-0.05, 0) is 18.9 Å². The van der Waals surface area contributed by atoms with E-state index in [-0.39, 0.29) is 0 Å². The molecule has 1 aromatic rings. The topological polar surface area (TPSA) is 0 Å². The first-order valence-corrected chi connectivity index (χ1v) is 7.35. The van der Waals surface area contributed by atoms with Crippen molar-refractivity contribution >= 4 is 6.08 Å². The van der Waals surface area contributed by atoms with Crippen molar-refractivity contribution in [3.8, 4) is 0 Å². The highest BCUT2D eigenvalue weighted by molar-refractivity contribution is 5.45. The predicted octanol–water partition coefficient (Wildman–Crippen LogP) is 7.00. The molecule has 0 radical (unpaired) electrons. The van der Waals surface area contributed by atoms with Crippen LogP contribution in [0.2, 0.25) is 0 Å². The minimum atomic E-state index is 1.14. The smallest absolute Gasteiger partial charge is 0.0263 e. The Kier molecular flexibility index (Phi) is 18.1. The molecule has 0 aromatic heterocycles. The summed E-state index contributed by atoms with van der Waals surface area (Å²) in [4.78, 5) is 0. The molecule has 0 heteroatoms. The molecule has 0 aliphatic rings. The van der Waals surface area contributed by atoms with Crippen LogP contribution in [0.4, 0.5) is 0 Å². The molecule has 1 rings (SSSR count). The van der Waals surface area contributed by atoms with Crippen LogP contribution in [0.1, 0.15) is 38.7 Å². The van der Waals surface area contributed by atoms with Crippen molar-refractivity contribution in [2.75, 3.05) is 0 Å². The van der Waals surface area contributed by atoms with E-state index in [1.165, 1.54) is 24.8 Å². The third kappa shape index (κ3) is 20.4. The van der Waals surface area contributed by atoms with E-state index in [0.29, 0.717) is 0 Å². The van der Waals surface area contributed by atoms with Crippen LogP contribution in [0.3, 0.4) is 0 Å². The van der Waals surface area contributed by atoms with Gasteiger partial charge in [0.15, 0.2) is 0 Å².